The summed E-state index contributed by atoms with van der Waals surface area (Å²) in [5, 5.41) is 2.55. The SMILES string of the molecule is CCC/C(C(=O)NC)=C(/C)N. The molecule has 0 aromatic rings. The van der Waals surface area contributed by atoms with Crippen molar-refractivity contribution in [3.8, 4) is 0 Å². The number of nitrogens with two attached hydrogens (primary N) is 1. The van der Waals surface area contributed by atoms with E-state index in [-0.39, 0.29) is 5.91 Å². The quantitative estimate of drug-likeness (QED) is 0.593. The molecule has 3 heteroatoms. The number of hydrogen-bond acceptors (Lipinski definition) is 2. The van der Waals surface area contributed by atoms with Gasteiger partial charge in [0.1, 0.15) is 0 Å². The van der Waals surface area contributed by atoms with Crippen molar-refractivity contribution in [1.29, 1.82) is 0 Å². The van der Waals surface area contributed by atoms with Gasteiger partial charge >= 0.3 is 0 Å². The van der Waals surface area contributed by atoms with Gasteiger partial charge in [-0.25, -0.2) is 0 Å². The molecule has 0 fully saturated rings. The molecular weight excluding hydrogens is 140 g/mol. The van der Waals surface area contributed by atoms with Crippen LogP contribution >= 0.6 is 0 Å². The van der Waals surface area contributed by atoms with Crippen LogP contribution in [0.5, 0.6) is 0 Å². The molecule has 0 aliphatic rings. The van der Waals surface area contributed by atoms with Crippen molar-refractivity contribution in [2.75, 3.05) is 7.05 Å². The highest BCUT2D eigenvalue weighted by Crippen LogP contribution is 2.06. The second kappa shape index (κ2) is 4.77. The third kappa shape index (κ3) is 3.07. The van der Waals surface area contributed by atoms with Crippen LogP contribution in [0.15, 0.2) is 11.3 Å². The first-order valence-electron chi connectivity index (χ1n) is 3.80. The highest BCUT2D eigenvalue weighted by Gasteiger charge is 2.07. The van der Waals surface area contributed by atoms with Gasteiger partial charge in [0, 0.05) is 18.3 Å². The summed E-state index contributed by atoms with van der Waals surface area (Å²) in [5.41, 5.74) is 6.84. The van der Waals surface area contributed by atoms with E-state index in [1.807, 2.05) is 6.92 Å². The largest absolute Gasteiger partial charge is 0.402 e. The second-order valence-corrected chi connectivity index (χ2v) is 2.49. The number of carbonyl (C=O) groups is 1. The molecule has 0 saturated carbocycles. The van der Waals surface area contributed by atoms with Gasteiger partial charge in [-0.15, -0.1) is 0 Å². The normalized spacial score (nSPS) is 12.3. The first kappa shape index (κ1) is 10.0. The molecule has 0 spiro atoms. The Balaban J connectivity index is 4.36. The van der Waals surface area contributed by atoms with E-state index in [2.05, 4.69) is 5.32 Å². The molecule has 0 rings (SSSR count). The molecule has 1 amide bonds. The van der Waals surface area contributed by atoms with Crippen LogP contribution < -0.4 is 11.1 Å². The van der Waals surface area contributed by atoms with Crippen molar-refractivity contribution in [3.05, 3.63) is 11.3 Å². The third-order valence-electron chi connectivity index (χ3n) is 1.48. The molecular formula is C8H16N2O. The number of rotatable bonds is 3. The monoisotopic (exact) mass is 156 g/mol. The van der Waals surface area contributed by atoms with Crippen molar-refractivity contribution in [3.63, 3.8) is 0 Å². The predicted molar refractivity (Wildman–Crippen MR) is 45.9 cm³/mol. The molecule has 3 N–H and O–H groups in total. The molecule has 0 unspecified atom stereocenters. The van der Waals surface area contributed by atoms with Crippen LogP contribution in [0.1, 0.15) is 26.7 Å². The highest BCUT2D eigenvalue weighted by molar-refractivity contribution is 5.93. The highest BCUT2D eigenvalue weighted by atomic mass is 16.1. The van der Waals surface area contributed by atoms with E-state index >= 15 is 0 Å². The molecule has 0 aliphatic carbocycles. The average molecular weight is 156 g/mol. The maximum Gasteiger partial charge on any atom is 0.248 e. The zero-order valence-electron chi connectivity index (χ0n) is 7.40. The Kier molecular flexibility index (Phi) is 4.34. The predicted octanol–water partition coefficient (Wildman–Crippen LogP) is 0.765. The molecule has 0 saturated heterocycles. The molecule has 0 radical (unpaired) electrons. The lowest BCUT2D eigenvalue weighted by atomic mass is 10.1. The summed E-state index contributed by atoms with van der Waals surface area (Å²) in [6.45, 7) is 3.77. The van der Waals surface area contributed by atoms with E-state index in [1.165, 1.54) is 0 Å². The van der Waals surface area contributed by atoms with E-state index < -0.39 is 0 Å². The van der Waals surface area contributed by atoms with Gasteiger partial charge in [-0.05, 0) is 13.3 Å². The van der Waals surface area contributed by atoms with Crippen LogP contribution in [-0.4, -0.2) is 13.0 Å². The molecule has 0 aromatic heterocycles. The molecule has 0 aliphatic heterocycles. The first-order valence-corrected chi connectivity index (χ1v) is 3.80. The summed E-state index contributed by atoms with van der Waals surface area (Å²) >= 11 is 0. The fraction of sp³-hybridized carbons (Fsp3) is 0.625. The number of likely N-dealkylation sites (N-methyl/N-ethyl adjacent to an activating group) is 1. The van der Waals surface area contributed by atoms with Gasteiger partial charge < -0.3 is 11.1 Å². The number of amides is 1. The van der Waals surface area contributed by atoms with Crippen LogP contribution in [0.2, 0.25) is 0 Å². The van der Waals surface area contributed by atoms with Crippen LogP contribution in [0.25, 0.3) is 0 Å². The van der Waals surface area contributed by atoms with Gasteiger partial charge in [-0.1, -0.05) is 13.3 Å². The van der Waals surface area contributed by atoms with Crippen molar-refractivity contribution >= 4 is 5.91 Å². The Bertz CT molecular complexity index is 169. The minimum Gasteiger partial charge on any atom is -0.402 e. The Hall–Kier alpha value is -0.990. The van der Waals surface area contributed by atoms with Crippen molar-refractivity contribution in [2.45, 2.75) is 26.7 Å². The van der Waals surface area contributed by atoms with Crippen molar-refractivity contribution in [2.24, 2.45) is 5.73 Å². The molecule has 0 bridgehead atoms. The van der Waals surface area contributed by atoms with Crippen LogP contribution in [0.4, 0.5) is 0 Å². The van der Waals surface area contributed by atoms with E-state index in [1.54, 1.807) is 14.0 Å². The molecule has 11 heavy (non-hydrogen) atoms. The van der Waals surface area contributed by atoms with E-state index in [9.17, 15) is 4.79 Å². The fourth-order valence-electron chi connectivity index (χ4n) is 0.891. The number of nitrogens with one attached hydrogen (secondary N) is 1. The molecule has 3 nitrogen and oxygen atoms in total. The number of carbonyl (C=O) groups excluding carboxylic acids is 1. The number of allylic oxidation sites excluding steroid dienone is 1. The summed E-state index contributed by atoms with van der Waals surface area (Å²) < 4.78 is 0. The third-order valence-corrected chi connectivity index (χ3v) is 1.48. The van der Waals surface area contributed by atoms with Gasteiger partial charge in [-0.2, -0.15) is 0 Å². The second-order valence-electron chi connectivity index (χ2n) is 2.49. The van der Waals surface area contributed by atoms with Crippen LogP contribution in [-0.2, 0) is 4.79 Å². The maximum absolute atomic E-state index is 11.1. The van der Waals surface area contributed by atoms with Crippen molar-refractivity contribution < 1.29 is 4.79 Å². The Labute approximate surface area is 67.7 Å². The summed E-state index contributed by atoms with van der Waals surface area (Å²) in [5.74, 6) is -0.0631. The van der Waals surface area contributed by atoms with E-state index in [0.29, 0.717) is 11.3 Å². The number of hydrogen-bond donors (Lipinski definition) is 2. The van der Waals surface area contributed by atoms with Gasteiger partial charge in [0.05, 0.1) is 0 Å². The minimum absolute atomic E-state index is 0.0631. The van der Waals surface area contributed by atoms with E-state index in [0.717, 1.165) is 12.8 Å². The lowest BCUT2D eigenvalue weighted by Crippen LogP contribution is -2.22. The average Bonchev–Trinajstić information content (AvgIpc) is 1.98. The fourth-order valence-corrected chi connectivity index (χ4v) is 0.891. The smallest absolute Gasteiger partial charge is 0.248 e. The zero-order valence-corrected chi connectivity index (χ0v) is 7.40. The molecule has 0 heterocycles. The summed E-state index contributed by atoms with van der Waals surface area (Å²) in [6, 6.07) is 0. The lowest BCUT2D eigenvalue weighted by molar-refractivity contribution is -0.117. The molecule has 0 atom stereocenters. The van der Waals surface area contributed by atoms with Gasteiger partial charge in [-0.3, -0.25) is 4.79 Å². The molecule has 0 aromatic carbocycles. The summed E-state index contributed by atoms with van der Waals surface area (Å²) in [7, 11) is 1.61. The van der Waals surface area contributed by atoms with Gasteiger partial charge in [0.2, 0.25) is 5.91 Å². The van der Waals surface area contributed by atoms with Crippen LogP contribution in [0.3, 0.4) is 0 Å². The standard InChI is InChI=1S/C8H16N2O/c1-4-5-7(6(2)9)8(11)10-3/h4-5,9H2,1-3H3,(H,10,11)/b7-6+. The van der Waals surface area contributed by atoms with Crippen LogP contribution in [0, 0.1) is 0 Å². The molecule has 64 valence electrons. The zero-order chi connectivity index (χ0) is 8.85. The summed E-state index contributed by atoms with van der Waals surface area (Å²) in [6.07, 6.45) is 1.69. The maximum atomic E-state index is 11.1. The Morgan fingerprint density at radius 3 is 2.36 bits per heavy atom. The van der Waals surface area contributed by atoms with E-state index in [4.69, 9.17) is 5.73 Å². The van der Waals surface area contributed by atoms with Crippen molar-refractivity contribution in [1.82, 2.24) is 5.32 Å². The minimum atomic E-state index is -0.0631. The first-order chi connectivity index (χ1) is 5.13. The van der Waals surface area contributed by atoms with Gasteiger partial charge in [0.25, 0.3) is 0 Å². The van der Waals surface area contributed by atoms with Gasteiger partial charge in [0.15, 0.2) is 0 Å². The Morgan fingerprint density at radius 1 is 1.55 bits per heavy atom. The topological polar surface area (TPSA) is 55.1 Å². The Morgan fingerprint density at radius 2 is 2.09 bits per heavy atom. The summed E-state index contributed by atoms with van der Waals surface area (Å²) in [4.78, 5) is 11.1. The lowest BCUT2D eigenvalue weighted by Gasteiger charge is -2.05.